The van der Waals surface area contributed by atoms with Crippen molar-refractivity contribution >= 4 is 33.9 Å². The summed E-state index contributed by atoms with van der Waals surface area (Å²) in [5.74, 6) is -0.150. The average molecular weight is 309 g/mol. The van der Waals surface area contributed by atoms with Crippen LogP contribution in [0.15, 0.2) is 0 Å². The molecule has 1 unspecified atom stereocenters. The van der Waals surface area contributed by atoms with Gasteiger partial charge in [0.2, 0.25) is 0 Å². The molecule has 0 aromatic rings. The van der Waals surface area contributed by atoms with Crippen LogP contribution < -0.4 is 5.73 Å². The average Bonchev–Trinajstić information content (AvgIpc) is 2.35. The maximum Gasteiger partial charge on any atom is 0.417 e. The van der Waals surface area contributed by atoms with Crippen LogP contribution >= 0.6 is 21.9 Å². The third kappa shape index (κ3) is 12.2. The highest BCUT2D eigenvalue weighted by Crippen LogP contribution is 2.33. The van der Waals surface area contributed by atoms with E-state index in [0.29, 0.717) is 18.3 Å². The van der Waals surface area contributed by atoms with Gasteiger partial charge in [-0.2, -0.15) is 0 Å². The standard InChI is InChI=1S/C12H23NO4S2/c1-3-5-7-10(18-19-17-12(13)15)8-6-9-11(14)16-4-2/h10H,3-9H2,1-2H3,(H2,13,15). The minimum absolute atomic E-state index is 0.150. The van der Waals surface area contributed by atoms with E-state index in [9.17, 15) is 9.59 Å². The zero-order chi connectivity index (χ0) is 14.5. The van der Waals surface area contributed by atoms with E-state index < -0.39 is 6.09 Å². The molecule has 0 heterocycles. The lowest BCUT2D eigenvalue weighted by Crippen LogP contribution is -2.09. The second-order valence-electron chi connectivity index (χ2n) is 4.03. The summed E-state index contributed by atoms with van der Waals surface area (Å²) in [6.45, 7) is 4.36. The first kappa shape index (κ1) is 18.4. The van der Waals surface area contributed by atoms with E-state index in [-0.39, 0.29) is 5.97 Å². The Hall–Kier alpha value is -0.560. The Morgan fingerprint density at radius 1 is 1.21 bits per heavy atom. The van der Waals surface area contributed by atoms with Crippen molar-refractivity contribution in [3.63, 3.8) is 0 Å². The van der Waals surface area contributed by atoms with Gasteiger partial charge in [-0.3, -0.25) is 4.79 Å². The smallest absolute Gasteiger partial charge is 0.417 e. The molecular formula is C12H23NO4S2. The van der Waals surface area contributed by atoms with E-state index in [1.807, 2.05) is 0 Å². The first-order valence-electron chi connectivity index (χ1n) is 6.55. The highest BCUT2D eigenvalue weighted by Gasteiger charge is 2.12. The van der Waals surface area contributed by atoms with Crippen LogP contribution in [0.25, 0.3) is 0 Å². The van der Waals surface area contributed by atoms with Crippen molar-refractivity contribution in [2.45, 2.75) is 57.6 Å². The molecule has 0 saturated heterocycles. The number of carbonyl (C=O) groups excluding carboxylic acids is 2. The van der Waals surface area contributed by atoms with Crippen LogP contribution in [-0.4, -0.2) is 23.9 Å². The second kappa shape index (κ2) is 12.5. The van der Waals surface area contributed by atoms with Gasteiger partial charge in [0.15, 0.2) is 0 Å². The summed E-state index contributed by atoms with van der Waals surface area (Å²) >= 11 is 1.01. The molecule has 1 atom stereocenters. The Balaban J connectivity index is 3.84. The number of unbranched alkanes of at least 4 members (excludes halogenated alkanes) is 1. The highest BCUT2D eigenvalue weighted by molar-refractivity contribution is 8.75. The third-order valence-electron chi connectivity index (χ3n) is 2.38. The van der Waals surface area contributed by atoms with Crippen LogP contribution in [0, 0.1) is 0 Å². The molecule has 0 rings (SSSR count). The summed E-state index contributed by atoms with van der Waals surface area (Å²) in [5.41, 5.74) is 4.90. The summed E-state index contributed by atoms with van der Waals surface area (Å²) in [6.07, 6.45) is 4.64. The molecule has 0 fully saturated rings. The molecule has 112 valence electrons. The number of hydrogen-bond acceptors (Lipinski definition) is 6. The monoisotopic (exact) mass is 309 g/mol. The first-order chi connectivity index (χ1) is 9.10. The van der Waals surface area contributed by atoms with Gasteiger partial charge in [0.05, 0.1) is 6.61 Å². The number of primary amides is 1. The first-order valence-corrected chi connectivity index (χ1v) is 8.69. The fraction of sp³-hybridized carbons (Fsp3) is 0.833. The molecular weight excluding hydrogens is 286 g/mol. The molecule has 0 aromatic carbocycles. The van der Waals surface area contributed by atoms with Crippen molar-refractivity contribution in [2.75, 3.05) is 6.61 Å². The molecule has 7 heteroatoms. The normalized spacial score (nSPS) is 11.9. The minimum atomic E-state index is -0.779. The Kier molecular flexibility index (Phi) is 12.1. The van der Waals surface area contributed by atoms with Gasteiger partial charge in [-0.25, -0.2) is 4.79 Å². The lowest BCUT2D eigenvalue weighted by Gasteiger charge is -2.14. The molecule has 0 aliphatic heterocycles. The maximum absolute atomic E-state index is 11.2. The van der Waals surface area contributed by atoms with Crippen molar-refractivity contribution < 1.29 is 18.5 Å². The van der Waals surface area contributed by atoms with Gasteiger partial charge in [-0.15, -0.1) is 0 Å². The Labute approximate surface area is 122 Å². The zero-order valence-corrected chi connectivity index (χ0v) is 13.2. The van der Waals surface area contributed by atoms with E-state index in [2.05, 4.69) is 11.1 Å². The van der Waals surface area contributed by atoms with Gasteiger partial charge in [-0.05, 0) is 37.0 Å². The number of ether oxygens (including phenoxy) is 1. The SMILES string of the molecule is CCCCC(CCCC(=O)OCC)SSOC(N)=O. The number of esters is 1. The molecule has 1 amide bonds. The molecule has 0 aromatic heterocycles. The summed E-state index contributed by atoms with van der Waals surface area (Å²) < 4.78 is 9.53. The van der Waals surface area contributed by atoms with Crippen LogP contribution in [0.2, 0.25) is 0 Å². The number of nitrogens with two attached hydrogens (primary N) is 1. The van der Waals surface area contributed by atoms with E-state index >= 15 is 0 Å². The lowest BCUT2D eigenvalue weighted by molar-refractivity contribution is -0.143. The van der Waals surface area contributed by atoms with Crippen molar-refractivity contribution in [3.05, 3.63) is 0 Å². The largest absolute Gasteiger partial charge is 0.466 e. The Morgan fingerprint density at radius 2 is 1.89 bits per heavy atom. The minimum Gasteiger partial charge on any atom is -0.466 e. The molecule has 0 aliphatic carbocycles. The van der Waals surface area contributed by atoms with Crippen LogP contribution in [0.3, 0.4) is 0 Å². The van der Waals surface area contributed by atoms with E-state index in [1.54, 1.807) is 6.92 Å². The molecule has 0 saturated carbocycles. The lowest BCUT2D eigenvalue weighted by atomic mass is 10.1. The molecule has 19 heavy (non-hydrogen) atoms. The summed E-state index contributed by atoms with van der Waals surface area (Å²) in [4.78, 5) is 21.7. The van der Waals surface area contributed by atoms with Gasteiger partial charge in [0.1, 0.15) is 11.1 Å². The molecule has 0 bridgehead atoms. The maximum atomic E-state index is 11.2. The number of carbonyl (C=O) groups is 2. The van der Waals surface area contributed by atoms with Crippen molar-refractivity contribution in [3.8, 4) is 0 Å². The second-order valence-corrected chi connectivity index (χ2v) is 6.18. The van der Waals surface area contributed by atoms with Gasteiger partial charge in [0, 0.05) is 11.7 Å². The van der Waals surface area contributed by atoms with Crippen LogP contribution in [0.1, 0.15) is 52.4 Å². The summed E-state index contributed by atoms with van der Waals surface area (Å²) in [7, 11) is 1.50. The fourth-order valence-corrected chi connectivity index (χ4v) is 3.46. The summed E-state index contributed by atoms with van der Waals surface area (Å²) in [5, 5.41) is 0.360. The van der Waals surface area contributed by atoms with Gasteiger partial charge >= 0.3 is 12.1 Å². The fourth-order valence-electron chi connectivity index (χ4n) is 1.49. The molecule has 0 spiro atoms. The van der Waals surface area contributed by atoms with E-state index in [4.69, 9.17) is 10.5 Å². The van der Waals surface area contributed by atoms with Gasteiger partial charge in [0.25, 0.3) is 0 Å². The molecule has 0 radical (unpaired) electrons. The third-order valence-corrected chi connectivity index (χ3v) is 4.69. The zero-order valence-electron chi connectivity index (χ0n) is 11.6. The quantitative estimate of drug-likeness (QED) is 0.356. The molecule has 2 N–H and O–H groups in total. The Morgan fingerprint density at radius 3 is 2.47 bits per heavy atom. The van der Waals surface area contributed by atoms with Crippen LogP contribution in [0.5, 0.6) is 0 Å². The van der Waals surface area contributed by atoms with E-state index in [0.717, 1.165) is 43.2 Å². The van der Waals surface area contributed by atoms with Crippen molar-refractivity contribution in [1.82, 2.24) is 0 Å². The topological polar surface area (TPSA) is 78.6 Å². The Bertz CT molecular complexity index is 264. The number of hydrogen-bond donors (Lipinski definition) is 1. The van der Waals surface area contributed by atoms with E-state index in [1.165, 1.54) is 10.8 Å². The van der Waals surface area contributed by atoms with Crippen molar-refractivity contribution in [2.24, 2.45) is 5.73 Å². The predicted molar refractivity (Wildman–Crippen MR) is 79.6 cm³/mol. The van der Waals surface area contributed by atoms with Crippen LogP contribution in [-0.2, 0) is 13.7 Å². The van der Waals surface area contributed by atoms with Gasteiger partial charge < -0.3 is 14.7 Å². The highest BCUT2D eigenvalue weighted by atomic mass is 33.1. The van der Waals surface area contributed by atoms with Crippen molar-refractivity contribution in [1.29, 1.82) is 0 Å². The predicted octanol–water partition coefficient (Wildman–Crippen LogP) is 3.67. The molecule has 5 nitrogen and oxygen atoms in total. The van der Waals surface area contributed by atoms with Crippen LogP contribution in [0.4, 0.5) is 4.79 Å². The number of rotatable bonds is 11. The number of amides is 1. The summed E-state index contributed by atoms with van der Waals surface area (Å²) in [6, 6.07) is 0. The van der Waals surface area contributed by atoms with Gasteiger partial charge in [-0.1, -0.05) is 19.8 Å². The molecule has 0 aliphatic rings.